The predicted molar refractivity (Wildman–Crippen MR) is 99.9 cm³/mol. The Hall–Kier alpha value is -1.75. The summed E-state index contributed by atoms with van der Waals surface area (Å²) in [4.78, 5) is 3.28. The van der Waals surface area contributed by atoms with E-state index in [0.717, 1.165) is 32.9 Å². The molecule has 0 bridgehead atoms. The topological polar surface area (TPSA) is 15.8 Å². The van der Waals surface area contributed by atoms with Gasteiger partial charge in [-0.15, -0.1) is 0 Å². The summed E-state index contributed by atoms with van der Waals surface area (Å²) in [7, 11) is 0. The summed E-state index contributed by atoms with van der Waals surface area (Å²) in [5, 5.41) is 0.599. The van der Waals surface area contributed by atoms with Crippen LogP contribution in [0, 0.1) is 6.92 Å². The maximum Gasteiger partial charge on any atom is 0.416 e. The van der Waals surface area contributed by atoms with E-state index >= 15 is 0 Å². The SMILES string of the molecule is Cc1c(-c2cc(Br)cc(C(C)(C)C)c2)[nH]c2ccc(C(F)(F)F)cc12. The minimum Gasteiger partial charge on any atom is -0.354 e. The number of halogens is 4. The molecule has 1 heterocycles. The summed E-state index contributed by atoms with van der Waals surface area (Å²) >= 11 is 3.55. The van der Waals surface area contributed by atoms with Crippen LogP contribution in [0.1, 0.15) is 37.5 Å². The van der Waals surface area contributed by atoms with Crippen LogP contribution in [0.5, 0.6) is 0 Å². The third-order valence-electron chi connectivity index (χ3n) is 4.44. The minimum atomic E-state index is -4.34. The molecule has 3 aromatic rings. The lowest BCUT2D eigenvalue weighted by molar-refractivity contribution is -0.137. The highest BCUT2D eigenvalue weighted by Crippen LogP contribution is 2.37. The molecule has 0 aliphatic rings. The molecule has 0 radical (unpaired) electrons. The van der Waals surface area contributed by atoms with Gasteiger partial charge < -0.3 is 4.98 Å². The first-order valence-corrected chi connectivity index (χ1v) is 8.77. The number of rotatable bonds is 1. The van der Waals surface area contributed by atoms with Crippen LogP contribution in [0.2, 0.25) is 0 Å². The number of alkyl halides is 3. The smallest absolute Gasteiger partial charge is 0.354 e. The number of fused-ring (bicyclic) bond motifs is 1. The lowest BCUT2D eigenvalue weighted by atomic mass is 9.86. The summed E-state index contributed by atoms with van der Waals surface area (Å²) in [5.74, 6) is 0. The quantitative estimate of drug-likeness (QED) is 0.436. The average molecular weight is 410 g/mol. The summed E-state index contributed by atoms with van der Waals surface area (Å²) < 4.78 is 39.9. The molecule has 132 valence electrons. The second-order valence-corrected chi connectivity index (χ2v) is 8.28. The van der Waals surface area contributed by atoms with E-state index in [1.807, 2.05) is 13.0 Å². The normalized spacial score (nSPS) is 12.8. The number of aromatic nitrogens is 1. The Bertz CT molecular complexity index is 946. The lowest BCUT2D eigenvalue weighted by Gasteiger charge is -2.20. The standard InChI is InChI=1S/C20H19BrF3N/c1-11-16-10-13(20(22,23)24)5-6-17(16)25-18(11)12-7-14(19(2,3)4)9-15(21)8-12/h5-10,25H,1-4H3. The molecule has 0 atom stereocenters. The van der Waals surface area contributed by atoms with Gasteiger partial charge in [0.05, 0.1) is 5.56 Å². The van der Waals surface area contributed by atoms with Crippen LogP contribution in [-0.2, 0) is 11.6 Å². The van der Waals surface area contributed by atoms with Gasteiger partial charge in [-0.2, -0.15) is 13.2 Å². The van der Waals surface area contributed by atoms with Gasteiger partial charge >= 0.3 is 6.18 Å². The lowest BCUT2D eigenvalue weighted by Crippen LogP contribution is -2.11. The minimum absolute atomic E-state index is 0.0259. The van der Waals surface area contributed by atoms with Crippen LogP contribution in [0.4, 0.5) is 13.2 Å². The van der Waals surface area contributed by atoms with Crippen molar-refractivity contribution >= 4 is 26.8 Å². The van der Waals surface area contributed by atoms with Gasteiger partial charge in [0, 0.05) is 21.1 Å². The van der Waals surface area contributed by atoms with Crippen molar-refractivity contribution in [3.63, 3.8) is 0 Å². The van der Waals surface area contributed by atoms with Crippen LogP contribution in [-0.4, -0.2) is 4.98 Å². The molecule has 0 spiro atoms. The molecule has 1 nitrogen and oxygen atoms in total. The summed E-state index contributed by atoms with van der Waals surface area (Å²) in [5.41, 5.74) is 3.84. The van der Waals surface area contributed by atoms with Crippen molar-refractivity contribution < 1.29 is 13.2 Å². The van der Waals surface area contributed by atoms with Crippen molar-refractivity contribution in [2.45, 2.75) is 39.3 Å². The van der Waals surface area contributed by atoms with Crippen LogP contribution in [0.3, 0.4) is 0 Å². The summed E-state index contributed by atoms with van der Waals surface area (Å²) in [6.07, 6.45) is -4.34. The third-order valence-corrected chi connectivity index (χ3v) is 4.90. The highest BCUT2D eigenvalue weighted by atomic mass is 79.9. The fraction of sp³-hybridized carbons (Fsp3) is 0.300. The van der Waals surface area contributed by atoms with E-state index in [0.29, 0.717) is 10.9 Å². The fourth-order valence-corrected chi connectivity index (χ4v) is 3.45. The van der Waals surface area contributed by atoms with Crippen molar-refractivity contribution in [1.29, 1.82) is 0 Å². The molecule has 25 heavy (non-hydrogen) atoms. The van der Waals surface area contributed by atoms with Gasteiger partial charge in [0.25, 0.3) is 0 Å². The maximum absolute atomic E-state index is 13.0. The number of hydrogen-bond acceptors (Lipinski definition) is 0. The van der Waals surface area contributed by atoms with Crippen molar-refractivity contribution in [1.82, 2.24) is 4.98 Å². The highest BCUT2D eigenvalue weighted by Gasteiger charge is 2.31. The molecule has 0 saturated heterocycles. The third kappa shape index (κ3) is 3.47. The van der Waals surface area contributed by atoms with Gasteiger partial charge in [-0.3, -0.25) is 0 Å². The molecule has 0 saturated carbocycles. The van der Waals surface area contributed by atoms with Crippen molar-refractivity contribution in [3.8, 4) is 11.3 Å². The Morgan fingerprint density at radius 2 is 1.60 bits per heavy atom. The first-order valence-electron chi connectivity index (χ1n) is 7.98. The predicted octanol–water partition coefficient (Wildman–Crippen LogP) is 7.22. The Labute approximate surface area is 153 Å². The molecule has 0 amide bonds. The van der Waals surface area contributed by atoms with Crippen LogP contribution in [0.15, 0.2) is 40.9 Å². The van der Waals surface area contributed by atoms with Gasteiger partial charge in [-0.25, -0.2) is 0 Å². The largest absolute Gasteiger partial charge is 0.416 e. The van der Waals surface area contributed by atoms with Crippen LogP contribution in [0.25, 0.3) is 22.2 Å². The van der Waals surface area contributed by atoms with E-state index in [1.165, 1.54) is 12.1 Å². The van der Waals surface area contributed by atoms with Gasteiger partial charge in [0.2, 0.25) is 0 Å². The van der Waals surface area contributed by atoms with Crippen molar-refractivity contribution in [3.05, 3.63) is 57.6 Å². The Morgan fingerprint density at radius 3 is 2.20 bits per heavy atom. The molecule has 0 aliphatic carbocycles. The monoisotopic (exact) mass is 409 g/mol. The van der Waals surface area contributed by atoms with E-state index in [-0.39, 0.29) is 5.41 Å². The number of aromatic amines is 1. The number of H-pyrrole nitrogens is 1. The first kappa shape index (κ1) is 18.1. The molecule has 1 aromatic heterocycles. The van der Waals surface area contributed by atoms with Crippen LogP contribution < -0.4 is 0 Å². The molecular weight excluding hydrogens is 391 g/mol. The molecule has 1 N–H and O–H groups in total. The van der Waals surface area contributed by atoms with Crippen LogP contribution >= 0.6 is 15.9 Å². The Balaban J connectivity index is 2.20. The molecule has 3 rings (SSSR count). The van der Waals surface area contributed by atoms with Crippen molar-refractivity contribution in [2.75, 3.05) is 0 Å². The number of hydrogen-bond donors (Lipinski definition) is 1. The van der Waals surface area contributed by atoms with Gasteiger partial charge in [-0.05, 0) is 65.4 Å². The van der Waals surface area contributed by atoms with E-state index in [2.05, 4.69) is 53.8 Å². The van der Waals surface area contributed by atoms with Gasteiger partial charge in [-0.1, -0.05) is 36.7 Å². The van der Waals surface area contributed by atoms with Crippen molar-refractivity contribution in [2.24, 2.45) is 0 Å². The summed E-state index contributed by atoms with van der Waals surface area (Å²) in [6, 6.07) is 9.97. The number of benzene rings is 2. The molecule has 5 heteroatoms. The average Bonchev–Trinajstić information content (AvgIpc) is 2.81. The zero-order valence-corrected chi connectivity index (χ0v) is 16.1. The second-order valence-electron chi connectivity index (χ2n) is 7.36. The molecular formula is C20H19BrF3N. The summed E-state index contributed by atoms with van der Waals surface area (Å²) in [6.45, 7) is 8.25. The van der Waals surface area contributed by atoms with E-state index < -0.39 is 11.7 Å². The molecule has 2 aromatic carbocycles. The number of aryl methyl sites for hydroxylation is 1. The van der Waals surface area contributed by atoms with Gasteiger partial charge in [0.1, 0.15) is 0 Å². The highest BCUT2D eigenvalue weighted by molar-refractivity contribution is 9.10. The Morgan fingerprint density at radius 1 is 0.920 bits per heavy atom. The van der Waals surface area contributed by atoms with E-state index in [9.17, 15) is 13.2 Å². The Kier molecular flexibility index (Phi) is 4.26. The van der Waals surface area contributed by atoms with Gasteiger partial charge in [0.15, 0.2) is 0 Å². The first-order chi connectivity index (χ1) is 11.5. The molecule has 0 unspecified atom stereocenters. The maximum atomic E-state index is 13.0. The van der Waals surface area contributed by atoms with E-state index in [1.54, 1.807) is 0 Å². The zero-order valence-electron chi connectivity index (χ0n) is 14.5. The fourth-order valence-electron chi connectivity index (χ4n) is 2.96. The van der Waals surface area contributed by atoms with E-state index in [4.69, 9.17) is 0 Å². The molecule has 0 aliphatic heterocycles. The molecule has 0 fully saturated rings. The zero-order chi connectivity index (χ0) is 18.6. The number of nitrogens with one attached hydrogen (secondary N) is 1. The second kappa shape index (κ2) is 5.90.